The van der Waals surface area contributed by atoms with Crippen molar-refractivity contribution in [2.24, 2.45) is 4.99 Å². The lowest BCUT2D eigenvalue weighted by Crippen LogP contribution is -2.42. The first kappa shape index (κ1) is 23.0. The second kappa shape index (κ2) is 10.9. The molecule has 0 spiro atoms. The Morgan fingerprint density at radius 1 is 1.11 bits per heavy atom. The van der Waals surface area contributed by atoms with E-state index in [1.807, 2.05) is 32.9 Å². The van der Waals surface area contributed by atoms with E-state index in [1.165, 1.54) is 6.26 Å². The minimum Gasteiger partial charge on any atom is -0.354 e. The summed E-state index contributed by atoms with van der Waals surface area (Å²) in [5, 5.41) is 9.31. The monoisotopic (exact) mass is 396 g/mol. The van der Waals surface area contributed by atoms with Crippen LogP contribution in [0.3, 0.4) is 0 Å². The molecule has 0 radical (unpaired) electrons. The van der Waals surface area contributed by atoms with Crippen LogP contribution >= 0.6 is 0 Å². The second-order valence-corrected chi connectivity index (χ2v) is 9.13. The molecule has 8 heteroatoms. The molecular formula is C19H32N4O3S. The Morgan fingerprint density at radius 3 is 2.26 bits per heavy atom. The number of nitrogens with one attached hydrogen (secondary N) is 3. The van der Waals surface area contributed by atoms with E-state index in [9.17, 15) is 13.2 Å². The minimum absolute atomic E-state index is 0.0162. The summed E-state index contributed by atoms with van der Waals surface area (Å²) in [4.78, 5) is 16.2. The van der Waals surface area contributed by atoms with Gasteiger partial charge in [-0.1, -0.05) is 19.1 Å². The van der Waals surface area contributed by atoms with Crippen molar-refractivity contribution in [1.29, 1.82) is 0 Å². The molecule has 0 bridgehead atoms. The number of carbonyl (C=O) groups excluding carboxylic acids is 1. The Bertz CT molecular complexity index is 730. The predicted molar refractivity (Wildman–Crippen MR) is 111 cm³/mol. The van der Waals surface area contributed by atoms with E-state index in [0.717, 1.165) is 12.0 Å². The van der Waals surface area contributed by atoms with Gasteiger partial charge in [-0.3, -0.25) is 9.79 Å². The first-order valence-corrected chi connectivity index (χ1v) is 11.2. The molecule has 3 N–H and O–H groups in total. The third-order valence-corrected chi connectivity index (χ3v) is 5.17. The van der Waals surface area contributed by atoms with Crippen LogP contribution in [-0.2, 0) is 16.4 Å². The standard InChI is InChI=1S/C19H32N4O3S/c1-6-14(2)22-18(24)17-9-7-16(8-10-17)13-21-19(20-4)23-15(3)11-12-27(5,25)26/h7-10,14-15H,6,11-13H2,1-5H3,(H,22,24)(H2,20,21,23). The zero-order chi connectivity index (χ0) is 20.4. The topological polar surface area (TPSA) is 99.7 Å². The van der Waals surface area contributed by atoms with E-state index in [1.54, 1.807) is 19.2 Å². The van der Waals surface area contributed by atoms with E-state index >= 15 is 0 Å². The normalized spacial score (nSPS) is 14.3. The molecule has 1 rings (SSSR count). The van der Waals surface area contributed by atoms with Crippen LogP contribution in [0.25, 0.3) is 0 Å². The van der Waals surface area contributed by atoms with Crippen LogP contribution in [-0.4, -0.2) is 51.4 Å². The Labute approximate surface area is 163 Å². The van der Waals surface area contributed by atoms with Crippen LogP contribution in [0.1, 0.15) is 49.5 Å². The smallest absolute Gasteiger partial charge is 0.251 e. The van der Waals surface area contributed by atoms with Crippen LogP contribution in [0.4, 0.5) is 0 Å². The van der Waals surface area contributed by atoms with Gasteiger partial charge in [-0.25, -0.2) is 8.42 Å². The maximum atomic E-state index is 12.1. The number of aliphatic imine (C=N–C) groups is 1. The van der Waals surface area contributed by atoms with Gasteiger partial charge >= 0.3 is 0 Å². The summed E-state index contributed by atoms with van der Waals surface area (Å²) in [7, 11) is -1.30. The molecule has 2 unspecified atom stereocenters. The third-order valence-electron chi connectivity index (χ3n) is 4.19. The Morgan fingerprint density at radius 2 is 1.74 bits per heavy atom. The zero-order valence-electron chi connectivity index (χ0n) is 16.9. The van der Waals surface area contributed by atoms with E-state index < -0.39 is 9.84 Å². The highest BCUT2D eigenvalue weighted by Gasteiger charge is 2.10. The predicted octanol–water partition coefficient (Wildman–Crippen LogP) is 1.70. The molecule has 0 saturated heterocycles. The number of nitrogens with zero attached hydrogens (tertiary/aromatic N) is 1. The molecule has 1 aromatic rings. The molecule has 1 amide bonds. The maximum Gasteiger partial charge on any atom is 0.251 e. The van der Waals surface area contributed by atoms with Crippen LogP contribution in [0.5, 0.6) is 0 Å². The van der Waals surface area contributed by atoms with Gasteiger partial charge in [-0.2, -0.15) is 0 Å². The Kier molecular flexibility index (Phi) is 9.28. The van der Waals surface area contributed by atoms with Crippen LogP contribution in [0, 0.1) is 0 Å². The van der Waals surface area contributed by atoms with Gasteiger partial charge < -0.3 is 16.0 Å². The molecule has 0 heterocycles. The fourth-order valence-electron chi connectivity index (χ4n) is 2.26. The van der Waals surface area contributed by atoms with Crippen LogP contribution in [0.2, 0.25) is 0 Å². The zero-order valence-corrected chi connectivity index (χ0v) is 17.7. The van der Waals surface area contributed by atoms with Gasteiger partial charge in [0.2, 0.25) is 0 Å². The molecule has 0 saturated carbocycles. The van der Waals surface area contributed by atoms with Gasteiger partial charge in [0.25, 0.3) is 5.91 Å². The van der Waals surface area contributed by atoms with Crippen molar-refractivity contribution in [3.05, 3.63) is 35.4 Å². The SMILES string of the molecule is CCC(C)NC(=O)c1ccc(CNC(=NC)NC(C)CCS(C)(=O)=O)cc1. The number of rotatable bonds is 9. The maximum absolute atomic E-state index is 12.1. The molecule has 0 aliphatic rings. The quantitative estimate of drug-likeness (QED) is 0.436. The van der Waals surface area contributed by atoms with Gasteiger partial charge in [0.05, 0.1) is 5.75 Å². The number of carbonyl (C=O) groups is 1. The molecule has 0 fully saturated rings. The lowest BCUT2D eigenvalue weighted by Gasteiger charge is -2.17. The number of hydrogen-bond donors (Lipinski definition) is 3. The molecule has 152 valence electrons. The molecule has 0 aliphatic heterocycles. The molecular weight excluding hydrogens is 364 g/mol. The average molecular weight is 397 g/mol. The molecule has 7 nitrogen and oxygen atoms in total. The van der Waals surface area contributed by atoms with E-state index in [2.05, 4.69) is 20.9 Å². The lowest BCUT2D eigenvalue weighted by atomic mass is 10.1. The average Bonchev–Trinajstić information content (AvgIpc) is 2.63. The number of amides is 1. The fourth-order valence-corrected chi connectivity index (χ4v) is 3.04. The summed E-state index contributed by atoms with van der Waals surface area (Å²) in [6.45, 7) is 6.48. The molecule has 0 aromatic heterocycles. The van der Waals surface area contributed by atoms with Gasteiger partial charge in [0, 0.05) is 37.5 Å². The molecule has 1 aromatic carbocycles. The van der Waals surface area contributed by atoms with E-state index in [-0.39, 0.29) is 23.7 Å². The molecule has 27 heavy (non-hydrogen) atoms. The number of sulfone groups is 1. The highest BCUT2D eigenvalue weighted by atomic mass is 32.2. The summed E-state index contributed by atoms with van der Waals surface area (Å²) in [5.41, 5.74) is 1.65. The summed E-state index contributed by atoms with van der Waals surface area (Å²) >= 11 is 0. The van der Waals surface area contributed by atoms with Crippen molar-refractivity contribution < 1.29 is 13.2 Å². The number of hydrogen-bond acceptors (Lipinski definition) is 4. The molecule has 0 aliphatic carbocycles. The van der Waals surface area contributed by atoms with Crippen LogP contribution in [0.15, 0.2) is 29.3 Å². The minimum atomic E-state index is -2.97. The van der Waals surface area contributed by atoms with Gasteiger partial charge in [-0.15, -0.1) is 0 Å². The highest BCUT2D eigenvalue weighted by Crippen LogP contribution is 2.05. The van der Waals surface area contributed by atoms with Gasteiger partial charge in [-0.05, 0) is 44.4 Å². The third kappa shape index (κ3) is 9.42. The van der Waals surface area contributed by atoms with Crippen molar-refractivity contribution >= 4 is 21.7 Å². The van der Waals surface area contributed by atoms with Crippen molar-refractivity contribution in [3.63, 3.8) is 0 Å². The summed E-state index contributed by atoms with van der Waals surface area (Å²) in [6.07, 6.45) is 2.64. The van der Waals surface area contributed by atoms with Crippen molar-refractivity contribution in [2.75, 3.05) is 19.1 Å². The summed E-state index contributed by atoms with van der Waals surface area (Å²) in [5.74, 6) is 0.675. The van der Waals surface area contributed by atoms with Crippen LogP contribution < -0.4 is 16.0 Å². The van der Waals surface area contributed by atoms with Crippen molar-refractivity contribution in [3.8, 4) is 0 Å². The van der Waals surface area contributed by atoms with E-state index in [0.29, 0.717) is 24.5 Å². The first-order chi connectivity index (χ1) is 12.6. The van der Waals surface area contributed by atoms with Crippen molar-refractivity contribution in [2.45, 2.75) is 52.2 Å². The Hall–Kier alpha value is -2.09. The highest BCUT2D eigenvalue weighted by molar-refractivity contribution is 7.90. The van der Waals surface area contributed by atoms with E-state index in [4.69, 9.17) is 0 Å². The largest absolute Gasteiger partial charge is 0.354 e. The second-order valence-electron chi connectivity index (χ2n) is 6.87. The summed E-state index contributed by atoms with van der Waals surface area (Å²) in [6, 6.07) is 7.55. The number of guanidine groups is 1. The fraction of sp³-hybridized carbons (Fsp3) is 0.579. The summed E-state index contributed by atoms with van der Waals surface area (Å²) < 4.78 is 22.5. The molecule has 2 atom stereocenters. The van der Waals surface area contributed by atoms with Gasteiger partial charge in [0.15, 0.2) is 5.96 Å². The Balaban J connectivity index is 2.52. The van der Waals surface area contributed by atoms with Gasteiger partial charge in [0.1, 0.15) is 9.84 Å². The number of benzene rings is 1. The first-order valence-electron chi connectivity index (χ1n) is 9.19. The lowest BCUT2D eigenvalue weighted by molar-refractivity contribution is 0.0939. The van der Waals surface area contributed by atoms with Crippen molar-refractivity contribution in [1.82, 2.24) is 16.0 Å².